The number of hydrogen-bond acceptors (Lipinski definition) is 2. The first-order valence-electron chi connectivity index (χ1n) is 8.95. The monoisotopic (exact) mass is 349 g/mol. The Balaban J connectivity index is 1.34. The number of carbonyl (C=O) groups is 1. The molecule has 0 bridgehead atoms. The van der Waals surface area contributed by atoms with E-state index in [1.54, 1.807) is 0 Å². The molecule has 0 unspecified atom stereocenters. The zero-order chi connectivity index (χ0) is 17.9. The molecule has 0 spiro atoms. The van der Waals surface area contributed by atoms with Crippen molar-refractivity contribution in [2.45, 2.75) is 32.6 Å². The Bertz CT molecular complexity index is 883. The number of nitrogens with zero attached hydrogens (tertiary/aromatic N) is 4. The van der Waals surface area contributed by atoms with Crippen molar-refractivity contribution in [1.29, 1.82) is 0 Å². The molecule has 6 nitrogen and oxygen atoms in total. The molecule has 0 saturated carbocycles. The summed E-state index contributed by atoms with van der Waals surface area (Å²) in [6, 6.07) is 14.4. The third-order valence-electron chi connectivity index (χ3n) is 4.92. The maximum Gasteiger partial charge on any atom is 0.318 e. The predicted octanol–water partition coefficient (Wildman–Crippen LogP) is 3.02. The lowest BCUT2D eigenvalue weighted by molar-refractivity contribution is 0.162. The molecular formula is C20H23N5O. The Hall–Kier alpha value is -3.02. The number of rotatable bonds is 4. The van der Waals surface area contributed by atoms with E-state index in [0.717, 1.165) is 25.2 Å². The topological polar surface area (TPSA) is 55.1 Å². The molecule has 0 aliphatic carbocycles. The summed E-state index contributed by atoms with van der Waals surface area (Å²) in [5.41, 5.74) is 3.39. The Morgan fingerprint density at radius 1 is 1.15 bits per heavy atom. The Morgan fingerprint density at radius 2 is 2.00 bits per heavy atom. The molecule has 1 atom stereocenters. The van der Waals surface area contributed by atoms with E-state index in [2.05, 4.69) is 46.3 Å². The van der Waals surface area contributed by atoms with E-state index in [4.69, 9.17) is 0 Å². The van der Waals surface area contributed by atoms with Gasteiger partial charge in [0.25, 0.3) is 0 Å². The van der Waals surface area contributed by atoms with Gasteiger partial charge in [0.1, 0.15) is 0 Å². The highest BCUT2D eigenvalue weighted by atomic mass is 16.2. The molecule has 6 heteroatoms. The van der Waals surface area contributed by atoms with Gasteiger partial charge in [0, 0.05) is 43.3 Å². The van der Waals surface area contributed by atoms with Crippen LogP contribution in [0.2, 0.25) is 0 Å². The van der Waals surface area contributed by atoms with E-state index < -0.39 is 0 Å². The minimum absolute atomic E-state index is 0.0271. The Kier molecular flexibility index (Phi) is 4.48. The first kappa shape index (κ1) is 16.4. The van der Waals surface area contributed by atoms with Crippen LogP contribution in [-0.4, -0.2) is 31.8 Å². The number of urea groups is 1. The quantitative estimate of drug-likeness (QED) is 0.787. The normalized spacial score (nSPS) is 16.3. The fraction of sp³-hybridized carbons (Fsp3) is 0.300. The lowest BCUT2D eigenvalue weighted by Gasteiger charge is -2.34. The number of aromatic nitrogens is 3. The minimum atomic E-state index is -0.0271. The molecule has 1 N–H and O–H groups in total. The highest BCUT2D eigenvalue weighted by Gasteiger charge is 2.27. The summed E-state index contributed by atoms with van der Waals surface area (Å²) in [4.78, 5) is 14.5. The maximum absolute atomic E-state index is 12.6. The van der Waals surface area contributed by atoms with E-state index in [1.807, 2.05) is 46.2 Å². The van der Waals surface area contributed by atoms with Gasteiger partial charge in [-0.25, -0.2) is 4.79 Å². The van der Waals surface area contributed by atoms with Gasteiger partial charge in [0.15, 0.2) is 0 Å². The van der Waals surface area contributed by atoms with Crippen molar-refractivity contribution in [3.05, 3.63) is 77.9 Å². The molecule has 4 rings (SSSR count). The molecule has 2 amide bonds. The second-order valence-corrected chi connectivity index (χ2v) is 6.69. The lowest BCUT2D eigenvalue weighted by Crippen LogP contribution is -2.45. The third kappa shape index (κ3) is 3.35. The summed E-state index contributed by atoms with van der Waals surface area (Å²) in [5.74, 6) is 0. The third-order valence-corrected chi connectivity index (χ3v) is 4.92. The van der Waals surface area contributed by atoms with Gasteiger partial charge in [0.05, 0.1) is 18.8 Å². The maximum atomic E-state index is 12.6. The van der Waals surface area contributed by atoms with E-state index in [-0.39, 0.29) is 12.1 Å². The molecular weight excluding hydrogens is 326 g/mol. The van der Waals surface area contributed by atoms with E-state index in [9.17, 15) is 4.79 Å². The zero-order valence-electron chi connectivity index (χ0n) is 14.9. The van der Waals surface area contributed by atoms with Crippen molar-refractivity contribution >= 4 is 6.03 Å². The molecule has 3 aromatic rings. The van der Waals surface area contributed by atoms with Crippen molar-refractivity contribution < 1.29 is 4.79 Å². The van der Waals surface area contributed by atoms with Crippen LogP contribution in [0.1, 0.15) is 29.8 Å². The first-order chi connectivity index (χ1) is 12.7. The van der Waals surface area contributed by atoms with Crippen LogP contribution in [0.5, 0.6) is 0 Å². The standard InChI is InChI=1S/C20H23N5O/c1-16-19-8-5-9-23(19)10-11-25(16)20(26)21-12-18-13-22-24(15-18)14-17-6-3-2-4-7-17/h2-9,13,15-16H,10-12,14H2,1H3,(H,21,26)/t16-/m1/s1. The molecule has 0 saturated heterocycles. The second-order valence-electron chi connectivity index (χ2n) is 6.69. The molecule has 1 aliphatic heterocycles. The predicted molar refractivity (Wildman–Crippen MR) is 99.6 cm³/mol. The number of benzene rings is 1. The van der Waals surface area contributed by atoms with Gasteiger partial charge in [-0.1, -0.05) is 30.3 Å². The molecule has 1 aliphatic rings. The largest absolute Gasteiger partial charge is 0.348 e. The van der Waals surface area contributed by atoms with Gasteiger partial charge in [-0.3, -0.25) is 4.68 Å². The van der Waals surface area contributed by atoms with Gasteiger partial charge in [-0.05, 0) is 24.6 Å². The molecule has 26 heavy (non-hydrogen) atoms. The number of carbonyl (C=O) groups excluding carboxylic acids is 1. The number of fused-ring (bicyclic) bond motifs is 1. The summed E-state index contributed by atoms with van der Waals surface area (Å²) < 4.78 is 4.11. The lowest BCUT2D eigenvalue weighted by atomic mass is 10.1. The molecule has 0 fully saturated rings. The van der Waals surface area contributed by atoms with Crippen LogP contribution < -0.4 is 5.32 Å². The molecule has 2 aromatic heterocycles. The van der Waals surface area contributed by atoms with E-state index in [1.165, 1.54) is 11.3 Å². The molecule has 1 aromatic carbocycles. The van der Waals surface area contributed by atoms with Gasteiger partial charge in [-0.2, -0.15) is 5.10 Å². The van der Waals surface area contributed by atoms with E-state index >= 15 is 0 Å². The van der Waals surface area contributed by atoms with Crippen molar-refractivity contribution in [2.75, 3.05) is 6.54 Å². The Labute approximate surface area is 153 Å². The number of hydrogen-bond donors (Lipinski definition) is 1. The zero-order valence-corrected chi connectivity index (χ0v) is 14.9. The fourth-order valence-electron chi connectivity index (χ4n) is 3.49. The summed E-state index contributed by atoms with van der Waals surface area (Å²) in [6.07, 6.45) is 5.87. The van der Waals surface area contributed by atoms with E-state index in [0.29, 0.717) is 6.54 Å². The molecule has 0 radical (unpaired) electrons. The van der Waals surface area contributed by atoms with Crippen molar-refractivity contribution in [2.24, 2.45) is 0 Å². The van der Waals surface area contributed by atoms with Crippen LogP contribution in [0.25, 0.3) is 0 Å². The van der Waals surface area contributed by atoms with Crippen molar-refractivity contribution in [3.63, 3.8) is 0 Å². The summed E-state index contributed by atoms with van der Waals surface area (Å²) in [5, 5.41) is 7.41. The molecule has 134 valence electrons. The smallest absolute Gasteiger partial charge is 0.318 e. The van der Waals surface area contributed by atoms with Crippen LogP contribution in [0.15, 0.2) is 61.1 Å². The molecule has 3 heterocycles. The second kappa shape index (κ2) is 7.07. The van der Waals surface area contributed by atoms with Crippen molar-refractivity contribution in [3.8, 4) is 0 Å². The van der Waals surface area contributed by atoms with Crippen LogP contribution >= 0.6 is 0 Å². The summed E-state index contributed by atoms with van der Waals surface area (Å²) >= 11 is 0. The average molecular weight is 349 g/mol. The summed E-state index contributed by atoms with van der Waals surface area (Å²) in [7, 11) is 0. The van der Waals surface area contributed by atoms with Crippen LogP contribution in [0, 0.1) is 0 Å². The number of amides is 2. The van der Waals surface area contributed by atoms with Gasteiger partial charge in [0.2, 0.25) is 0 Å². The van der Waals surface area contributed by atoms with Crippen molar-refractivity contribution in [1.82, 2.24) is 24.6 Å². The van der Waals surface area contributed by atoms with Gasteiger partial charge in [-0.15, -0.1) is 0 Å². The highest BCUT2D eigenvalue weighted by Crippen LogP contribution is 2.25. The number of nitrogens with one attached hydrogen (secondary N) is 1. The van der Waals surface area contributed by atoms with Crippen LogP contribution in [0.3, 0.4) is 0 Å². The Morgan fingerprint density at radius 3 is 2.85 bits per heavy atom. The van der Waals surface area contributed by atoms with Crippen LogP contribution in [0.4, 0.5) is 4.79 Å². The first-order valence-corrected chi connectivity index (χ1v) is 8.95. The van der Waals surface area contributed by atoms with Gasteiger partial charge >= 0.3 is 6.03 Å². The van der Waals surface area contributed by atoms with Gasteiger partial charge < -0.3 is 14.8 Å². The van der Waals surface area contributed by atoms with Crippen LogP contribution in [-0.2, 0) is 19.6 Å². The highest BCUT2D eigenvalue weighted by molar-refractivity contribution is 5.74. The average Bonchev–Trinajstić information content (AvgIpc) is 3.30. The summed E-state index contributed by atoms with van der Waals surface area (Å²) in [6.45, 7) is 4.85. The minimum Gasteiger partial charge on any atom is -0.348 e. The fourth-order valence-corrected chi connectivity index (χ4v) is 3.49. The SMILES string of the molecule is C[C@@H]1c2cccn2CCN1C(=O)NCc1cnn(Cc2ccccc2)c1.